The summed E-state index contributed by atoms with van der Waals surface area (Å²) in [7, 11) is 5.29. The third kappa shape index (κ3) is 4.28. The molecule has 2 N–H and O–H groups in total. The van der Waals surface area contributed by atoms with E-state index in [1.165, 1.54) is 0 Å². The van der Waals surface area contributed by atoms with Gasteiger partial charge in [-0.2, -0.15) is 0 Å². The number of rotatable bonds is 7. The van der Waals surface area contributed by atoms with Crippen LogP contribution in [0.3, 0.4) is 0 Å². The Kier molecular flexibility index (Phi) is 5.89. The fourth-order valence-electron chi connectivity index (χ4n) is 1.88. The molecule has 0 radical (unpaired) electrons. The SMILES string of the molecule is COc1cnc(OC)c(N(C)[C@H](C)CC[C@@H](C)N)c1. The molecule has 0 bridgehead atoms. The van der Waals surface area contributed by atoms with Gasteiger partial charge in [0.25, 0.3) is 0 Å². The first-order valence-corrected chi connectivity index (χ1v) is 6.56. The maximum atomic E-state index is 5.81. The monoisotopic (exact) mass is 267 g/mol. The first-order valence-electron chi connectivity index (χ1n) is 6.56. The molecule has 1 aromatic rings. The summed E-state index contributed by atoms with van der Waals surface area (Å²) in [4.78, 5) is 6.40. The van der Waals surface area contributed by atoms with Crippen molar-refractivity contribution in [1.29, 1.82) is 0 Å². The molecule has 0 amide bonds. The topological polar surface area (TPSA) is 60.6 Å². The number of nitrogens with two attached hydrogens (primary N) is 1. The minimum absolute atomic E-state index is 0.223. The van der Waals surface area contributed by atoms with Gasteiger partial charge in [0.15, 0.2) is 0 Å². The Morgan fingerprint density at radius 3 is 2.47 bits per heavy atom. The van der Waals surface area contributed by atoms with Crippen molar-refractivity contribution in [2.75, 3.05) is 26.2 Å². The Morgan fingerprint density at radius 1 is 1.26 bits per heavy atom. The molecular formula is C14H25N3O2. The number of aromatic nitrogens is 1. The summed E-state index contributed by atoms with van der Waals surface area (Å²) < 4.78 is 10.5. The largest absolute Gasteiger partial charge is 0.495 e. The van der Waals surface area contributed by atoms with Crippen LogP contribution in [0.25, 0.3) is 0 Å². The summed E-state index contributed by atoms with van der Waals surface area (Å²) in [6.45, 7) is 4.20. The van der Waals surface area contributed by atoms with E-state index >= 15 is 0 Å². The first-order chi connectivity index (χ1) is 8.99. The number of nitrogens with zero attached hydrogens (tertiary/aromatic N) is 2. The van der Waals surface area contributed by atoms with Crippen molar-refractivity contribution >= 4 is 5.69 Å². The minimum atomic E-state index is 0.223. The Labute approximate surface area is 115 Å². The van der Waals surface area contributed by atoms with E-state index in [-0.39, 0.29) is 6.04 Å². The number of hydrogen-bond donors (Lipinski definition) is 1. The summed E-state index contributed by atoms with van der Waals surface area (Å²) in [5.41, 5.74) is 6.74. The van der Waals surface area contributed by atoms with E-state index in [0.717, 1.165) is 24.3 Å². The van der Waals surface area contributed by atoms with Crippen LogP contribution in [0, 0.1) is 0 Å². The van der Waals surface area contributed by atoms with Gasteiger partial charge < -0.3 is 20.1 Å². The van der Waals surface area contributed by atoms with Crippen molar-refractivity contribution in [3.63, 3.8) is 0 Å². The quantitative estimate of drug-likeness (QED) is 0.819. The van der Waals surface area contributed by atoms with Gasteiger partial charge >= 0.3 is 0 Å². The van der Waals surface area contributed by atoms with Crippen molar-refractivity contribution in [2.24, 2.45) is 5.73 Å². The average molecular weight is 267 g/mol. The van der Waals surface area contributed by atoms with Crippen molar-refractivity contribution in [2.45, 2.75) is 38.8 Å². The Bertz CT molecular complexity index is 396. The summed E-state index contributed by atoms with van der Waals surface area (Å²) in [6, 6.07) is 2.52. The van der Waals surface area contributed by atoms with Crippen molar-refractivity contribution in [1.82, 2.24) is 4.98 Å². The molecule has 0 unspecified atom stereocenters. The number of methoxy groups -OCH3 is 2. The fourth-order valence-corrected chi connectivity index (χ4v) is 1.88. The van der Waals surface area contributed by atoms with E-state index in [1.807, 2.05) is 20.0 Å². The zero-order valence-electron chi connectivity index (χ0n) is 12.5. The standard InChI is InChI=1S/C14H25N3O2/c1-10(15)6-7-11(2)17(3)13-8-12(18-4)9-16-14(13)19-5/h8-11H,6-7,15H2,1-5H3/t10-,11-/m1/s1. The number of hydrogen-bond acceptors (Lipinski definition) is 5. The zero-order chi connectivity index (χ0) is 14.4. The molecule has 2 atom stereocenters. The van der Waals surface area contributed by atoms with E-state index < -0.39 is 0 Å². The number of ether oxygens (including phenoxy) is 2. The average Bonchev–Trinajstić information content (AvgIpc) is 2.42. The van der Waals surface area contributed by atoms with Gasteiger partial charge in [-0.05, 0) is 26.7 Å². The lowest BCUT2D eigenvalue weighted by Gasteiger charge is -2.28. The summed E-state index contributed by atoms with van der Waals surface area (Å²) in [5, 5.41) is 0. The molecule has 0 aliphatic rings. The van der Waals surface area contributed by atoms with E-state index in [4.69, 9.17) is 15.2 Å². The van der Waals surface area contributed by atoms with Gasteiger partial charge in [-0.3, -0.25) is 0 Å². The smallest absolute Gasteiger partial charge is 0.237 e. The highest BCUT2D eigenvalue weighted by atomic mass is 16.5. The molecule has 0 saturated heterocycles. The minimum Gasteiger partial charge on any atom is -0.495 e. The van der Waals surface area contributed by atoms with Crippen LogP contribution in [0.2, 0.25) is 0 Å². The lowest BCUT2D eigenvalue weighted by Crippen LogP contribution is -2.31. The third-order valence-electron chi connectivity index (χ3n) is 3.32. The predicted molar refractivity (Wildman–Crippen MR) is 78.1 cm³/mol. The van der Waals surface area contributed by atoms with E-state index in [2.05, 4.69) is 16.8 Å². The van der Waals surface area contributed by atoms with Crippen LogP contribution in [-0.4, -0.2) is 38.3 Å². The summed E-state index contributed by atoms with van der Waals surface area (Å²) in [5.74, 6) is 1.33. The molecule has 5 nitrogen and oxygen atoms in total. The molecular weight excluding hydrogens is 242 g/mol. The van der Waals surface area contributed by atoms with E-state index in [9.17, 15) is 0 Å². The van der Waals surface area contributed by atoms with Crippen LogP contribution in [0.4, 0.5) is 5.69 Å². The number of pyridine rings is 1. The molecule has 0 aliphatic carbocycles. The second kappa shape index (κ2) is 7.19. The highest BCUT2D eigenvalue weighted by Gasteiger charge is 2.16. The van der Waals surface area contributed by atoms with Crippen LogP contribution >= 0.6 is 0 Å². The Hall–Kier alpha value is -1.49. The van der Waals surface area contributed by atoms with Crippen LogP contribution in [-0.2, 0) is 0 Å². The molecule has 19 heavy (non-hydrogen) atoms. The van der Waals surface area contributed by atoms with Crippen LogP contribution in [0.1, 0.15) is 26.7 Å². The van der Waals surface area contributed by atoms with Crippen LogP contribution in [0.5, 0.6) is 11.6 Å². The highest BCUT2D eigenvalue weighted by Crippen LogP contribution is 2.30. The summed E-state index contributed by atoms with van der Waals surface area (Å²) >= 11 is 0. The Balaban J connectivity index is 2.87. The lowest BCUT2D eigenvalue weighted by molar-refractivity contribution is 0.386. The normalized spacial score (nSPS) is 13.8. The maximum Gasteiger partial charge on any atom is 0.237 e. The third-order valence-corrected chi connectivity index (χ3v) is 3.32. The maximum absolute atomic E-state index is 5.81. The van der Waals surface area contributed by atoms with Gasteiger partial charge in [-0.15, -0.1) is 0 Å². The molecule has 0 saturated carbocycles. The van der Waals surface area contributed by atoms with Crippen molar-refractivity contribution in [3.05, 3.63) is 12.3 Å². The Morgan fingerprint density at radius 2 is 1.95 bits per heavy atom. The van der Waals surface area contributed by atoms with Gasteiger partial charge in [0.05, 0.1) is 20.4 Å². The molecule has 0 fully saturated rings. The molecule has 0 aliphatic heterocycles. The predicted octanol–water partition coefficient (Wildman–Crippen LogP) is 2.05. The van der Waals surface area contributed by atoms with Gasteiger partial charge in [-0.25, -0.2) is 4.98 Å². The molecule has 108 valence electrons. The van der Waals surface area contributed by atoms with Crippen LogP contribution in [0.15, 0.2) is 12.3 Å². The van der Waals surface area contributed by atoms with E-state index in [0.29, 0.717) is 11.9 Å². The first kappa shape index (κ1) is 15.6. The van der Waals surface area contributed by atoms with Crippen LogP contribution < -0.4 is 20.1 Å². The van der Waals surface area contributed by atoms with Gasteiger partial charge in [-0.1, -0.05) is 0 Å². The second-order valence-electron chi connectivity index (χ2n) is 4.92. The molecule has 1 aromatic heterocycles. The zero-order valence-corrected chi connectivity index (χ0v) is 12.5. The molecule has 1 rings (SSSR count). The summed E-state index contributed by atoms with van der Waals surface area (Å²) in [6.07, 6.45) is 3.67. The van der Waals surface area contributed by atoms with Gasteiger partial charge in [0.1, 0.15) is 11.4 Å². The highest BCUT2D eigenvalue weighted by molar-refractivity contribution is 5.57. The van der Waals surface area contributed by atoms with Crippen molar-refractivity contribution < 1.29 is 9.47 Å². The lowest BCUT2D eigenvalue weighted by atomic mass is 10.1. The number of anilines is 1. The molecule has 5 heteroatoms. The van der Waals surface area contributed by atoms with Crippen molar-refractivity contribution in [3.8, 4) is 11.6 Å². The molecule has 1 heterocycles. The van der Waals surface area contributed by atoms with Gasteiger partial charge in [0, 0.05) is 25.2 Å². The molecule has 0 aromatic carbocycles. The second-order valence-corrected chi connectivity index (χ2v) is 4.92. The van der Waals surface area contributed by atoms with Gasteiger partial charge in [0.2, 0.25) is 5.88 Å². The van der Waals surface area contributed by atoms with E-state index in [1.54, 1.807) is 20.4 Å². The fraction of sp³-hybridized carbons (Fsp3) is 0.643. The molecule has 0 spiro atoms.